The van der Waals surface area contributed by atoms with Crippen LogP contribution in [0, 0.1) is 10.1 Å². The quantitative estimate of drug-likeness (QED) is 0.408. The van der Waals surface area contributed by atoms with E-state index in [1.165, 1.54) is 12.1 Å². The van der Waals surface area contributed by atoms with Crippen LogP contribution in [0.1, 0.15) is 19.3 Å². The first-order valence-electron chi connectivity index (χ1n) is 7.79. The monoisotopic (exact) mass is 358 g/mol. The van der Waals surface area contributed by atoms with Gasteiger partial charge >= 0.3 is 0 Å². The van der Waals surface area contributed by atoms with E-state index in [-0.39, 0.29) is 16.7 Å². The van der Waals surface area contributed by atoms with Gasteiger partial charge in [0.2, 0.25) is 0 Å². The molecule has 0 spiro atoms. The Bertz CT molecular complexity index is 671. The molecule has 9 heteroatoms. The summed E-state index contributed by atoms with van der Waals surface area (Å²) in [6.07, 6.45) is 3.98. The Balaban J connectivity index is 1.82. The third-order valence-corrected chi connectivity index (χ3v) is 4.81. The van der Waals surface area contributed by atoms with Gasteiger partial charge in [-0.2, -0.15) is 0 Å². The zero-order chi connectivity index (χ0) is 17.6. The topological polar surface area (TPSA) is 108 Å². The minimum absolute atomic E-state index is 0.0698. The van der Waals surface area contributed by atoms with Crippen LogP contribution in [0.15, 0.2) is 23.1 Å². The van der Waals surface area contributed by atoms with Crippen LogP contribution in [0.2, 0.25) is 0 Å². The molecule has 8 nitrogen and oxygen atoms in total. The Hall–Kier alpha value is -1.71. The van der Waals surface area contributed by atoms with E-state index in [0.29, 0.717) is 31.9 Å². The molecule has 1 N–H and O–H groups in total. The van der Waals surface area contributed by atoms with Gasteiger partial charge in [-0.1, -0.05) is 0 Å². The van der Waals surface area contributed by atoms with Crippen molar-refractivity contribution in [3.8, 4) is 0 Å². The summed E-state index contributed by atoms with van der Waals surface area (Å²) in [7, 11) is -3.48. The predicted molar refractivity (Wildman–Crippen MR) is 89.1 cm³/mol. The molecule has 2 rings (SSSR count). The van der Waals surface area contributed by atoms with E-state index < -0.39 is 14.8 Å². The lowest BCUT2D eigenvalue weighted by Gasteiger charge is -2.11. The number of hydrogen-bond acceptors (Lipinski definition) is 7. The molecule has 24 heavy (non-hydrogen) atoms. The van der Waals surface area contributed by atoms with Crippen LogP contribution in [0.25, 0.3) is 0 Å². The van der Waals surface area contributed by atoms with Crippen molar-refractivity contribution in [3.63, 3.8) is 0 Å². The van der Waals surface area contributed by atoms with Crippen molar-refractivity contribution in [1.29, 1.82) is 0 Å². The summed E-state index contributed by atoms with van der Waals surface area (Å²) in [5.74, 6) is 0. The first-order chi connectivity index (χ1) is 11.4. The maximum atomic E-state index is 11.5. The van der Waals surface area contributed by atoms with Crippen LogP contribution in [-0.4, -0.2) is 52.1 Å². The van der Waals surface area contributed by atoms with Gasteiger partial charge in [-0.15, -0.1) is 0 Å². The lowest BCUT2D eigenvalue weighted by atomic mass is 10.2. The van der Waals surface area contributed by atoms with Crippen molar-refractivity contribution in [2.45, 2.75) is 30.3 Å². The maximum absolute atomic E-state index is 11.5. The summed E-state index contributed by atoms with van der Waals surface area (Å²) >= 11 is 0. The molecule has 1 heterocycles. The van der Waals surface area contributed by atoms with Gasteiger partial charge in [-0.25, -0.2) is 8.42 Å². The molecular weight excluding hydrogens is 336 g/mol. The van der Waals surface area contributed by atoms with Crippen LogP contribution in [0.3, 0.4) is 0 Å². The highest BCUT2D eigenvalue weighted by Crippen LogP contribution is 2.27. The second kappa shape index (κ2) is 8.41. The van der Waals surface area contributed by atoms with Gasteiger partial charge in [0.1, 0.15) is 5.69 Å². The molecule has 0 saturated carbocycles. The van der Waals surface area contributed by atoms with Crippen molar-refractivity contribution in [3.05, 3.63) is 28.3 Å². The molecule has 134 valence electrons. The molecule has 0 radical (unpaired) electrons. The van der Waals surface area contributed by atoms with Gasteiger partial charge in [0.15, 0.2) is 9.84 Å². The average molecular weight is 358 g/mol. The minimum Gasteiger partial charge on any atom is -0.379 e. The average Bonchev–Trinajstić information content (AvgIpc) is 3.03. The van der Waals surface area contributed by atoms with Crippen LogP contribution in [-0.2, 0) is 19.3 Å². The van der Waals surface area contributed by atoms with E-state index in [4.69, 9.17) is 9.47 Å². The second-order valence-electron chi connectivity index (χ2n) is 5.70. The van der Waals surface area contributed by atoms with Crippen LogP contribution in [0.4, 0.5) is 11.4 Å². The largest absolute Gasteiger partial charge is 0.379 e. The molecule has 1 aliphatic rings. The van der Waals surface area contributed by atoms with E-state index in [2.05, 4.69) is 5.32 Å². The zero-order valence-electron chi connectivity index (χ0n) is 13.6. The maximum Gasteiger partial charge on any atom is 0.293 e. The predicted octanol–water partition coefficient (Wildman–Crippen LogP) is 2.00. The molecule has 0 aromatic heterocycles. The summed E-state index contributed by atoms with van der Waals surface area (Å²) in [6, 6.07) is 3.85. The normalized spacial score (nSPS) is 17.8. The standard InChI is InChI=1S/C15H22N2O6S/c1-24(20,21)13-5-6-14(15(10-13)17(18)19)16-7-3-8-22-11-12-4-2-9-23-12/h5-6,10,12,16H,2-4,7-9,11H2,1H3. The fraction of sp³-hybridized carbons (Fsp3) is 0.600. The molecule has 1 aliphatic heterocycles. The van der Waals surface area contributed by atoms with E-state index in [1.807, 2.05) is 0 Å². The first kappa shape index (κ1) is 18.6. The zero-order valence-corrected chi connectivity index (χ0v) is 14.4. The van der Waals surface area contributed by atoms with Gasteiger partial charge in [-0.3, -0.25) is 10.1 Å². The number of benzene rings is 1. The fourth-order valence-electron chi connectivity index (χ4n) is 2.43. The molecule has 1 saturated heterocycles. The summed E-state index contributed by atoms with van der Waals surface area (Å²) in [6.45, 7) is 2.39. The Labute approximate surface area is 141 Å². The minimum atomic E-state index is -3.48. The van der Waals surface area contributed by atoms with Crippen molar-refractivity contribution in [1.82, 2.24) is 0 Å². The van der Waals surface area contributed by atoms with E-state index in [1.54, 1.807) is 0 Å². The number of rotatable bonds is 9. The second-order valence-corrected chi connectivity index (χ2v) is 7.71. The van der Waals surface area contributed by atoms with Gasteiger partial charge < -0.3 is 14.8 Å². The molecule has 1 atom stereocenters. The summed E-state index contributed by atoms with van der Waals surface area (Å²) in [5.41, 5.74) is 0.0460. The fourth-order valence-corrected chi connectivity index (χ4v) is 3.07. The molecular formula is C15H22N2O6S. The Morgan fingerprint density at radius 1 is 1.46 bits per heavy atom. The van der Waals surface area contributed by atoms with E-state index in [9.17, 15) is 18.5 Å². The van der Waals surface area contributed by atoms with Gasteiger partial charge in [0, 0.05) is 32.1 Å². The third kappa shape index (κ3) is 5.43. The van der Waals surface area contributed by atoms with Crippen molar-refractivity contribution in [2.75, 3.05) is 37.9 Å². The van der Waals surface area contributed by atoms with Gasteiger partial charge in [0.25, 0.3) is 5.69 Å². The third-order valence-electron chi connectivity index (χ3n) is 3.70. The molecule has 0 aliphatic carbocycles. The highest BCUT2D eigenvalue weighted by Gasteiger charge is 2.18. The van der Waals surface area contributed by atoms with Gasteiger partial charge in [0.05, 0.1) is 22.5 Å². The number of nitrogens with one attached hydrogen (secondary N) is 1. The number of anilines is 1. The Morgan fingerprint density at radius 2 is 2.25 bits per heavy atom. The molecule has 0 bridgehead atoms. The Morgan fingerprint density at radius 3 is 2.88 bits per heavy atom. The molecule has 1 aromatic carbocycles. The highest BCUT2D eigenvalue weighted by molar-refractivity contribution is 7.90. The van der Waals surface area contributed by atoms with Crippen LogP contribution >= 0.6 is 0 Å². The number of nitro benzene ring substituents is 1. The first-order valence-corrected chi connectivity index (χ1v) is 9.69. The number of nitrogens with zero attached hydrogens (tertiary/aromatic N) is 1. The van der Waals surface area contributed by atoms with Crippen molar-refractivity contribution >= 4 is 21.2 Å². The molecule has 1 unspecified atom stereocenters. The molecule has 1 fully saturated rings. The number of ether oxygens (including phenoxy) is 2. The summed E-state index contributed by atoms with van der Waals surface area (Å²) < 4.78 is 33.9. The van der Waals surface area contributed by atoms with Gasteiger partial charge in [-0.05, 0) is 31.4 Å². The van der Waals surface area contributed by atoms with Crippen LogP contribution < -0.4 is 5.32 Å². The van der Waals surface area contributed by atoms with Crippen molar-refractivity contribution in [2.24, 2.45) is 0 Å². The number of nitro groups is 1. The summed E-state index contributed by atoms with van der Waals surface area (Å²) in [5, 5.41) is 14.1. The molecule has 0 amide bonds. The SMILES string of the molecule is CS(=O)(=O)c1ccc(NCCCOCC2CCCO2)c([N+](=O)[O-])c1. The number of sulfone groups is 1. The van der Waals surface area contributed by atoms with Crippen molar-refractivity contribution < 1.29 is 22.8 Å². The smallest absolute Gasteiger partial charge is 0.293 e. The number of hydrogen-bond donors (Lipinski definition) is 1. The van der Waals surface area contributed by atoms with E-state index in [0.717, 1.165) is 31.8 Å². The lowest BCUT2D eigenvalue weighted by molar-refractivity contribution is -0.384. The Kier molecular flexibility index (Phi) is 6.52. The van der Waals surface area contributed by atoms with E-state index >= 15 is 0 Å². The lowest BCUT2D eigenvalue weighted by Crippen LogP contribution is -2.15. The highest BCUT2D eigenvalue weighted by atomic mass is 32.2. The van der Waals surface area contributed by atoms with Crippen LogP contribution in [0.5, 0.6) is 0 Å². The molecule has 1 aromatic rings. The summed E-state index contributed by atoms with van der Waals surface area (Å²) in [4.78, 5) is 10.5.